The van der Waals surface area contributed by atoms with Gasteiger partial charge in [-0.05, 0) is 0 Å². The molecule has 4 nitrogen and oxygen atoms in total. The van der Waals surface area contributed by atoms with E-state index in [2.05, 4.69) is 5.10 Å². The largest absolute Gasteiger partial charge is 0.395 e. The Balaban J connectivity index is 2.98. The average Bonchev–Trinajstić information content (AvgIpc) is 2.33. The molecule has 1 rings (SSSR count). The Morgan fingerprint density at radius 3 is 3.09 bits per heavy atom. The minimum Gasteiger partial charge on any atom is -0.395 e. The first-order valence-electron chi connectivity index (χ1n) is 3.07. The van der Waals surface area contributed by atoms with Gasteiger partial charge >= 0.3 is 0 Å². The first-order chi connectivity index (χ1) is 5.29. The van der Waals surface area contributed by atoms with Crippen LogP contribution in [0.3, 0.4) is 0 Å². The van der Waals surface area contributed by atoms with Gasteiger partial charge in [-0.3, -0.25) is 4.68 Å². The molecule has 0 aromatic carbocycles. The molecule has 5 heteroatoms. The highest BCUT2D eigenvalue weighted by Crippen LogP contribution is 2.08. The fraction of sp³-hybridized carbons (Fsp3) is 0.333. The molecule has 0 bridgehead atoms. The van der Waals surface area contributed by atoms with E-state index in [1.165, 1.54) is 10.9 Å². The maximum atomic E-state index is 8.58. The predicted molar refractivity (Wildman–Crippen MR) is 42.1 cm³/mol. The lowest BCUT2D eigenvalue weighted by molar-refractivity contribution is 0.656. The molecule has 0 atom stereocenters. The number of aromatic nitrogens is 2. The van der Waals surface area contributed by atoms with E-state index < -0.39 is 0 Å². The third kappa shape index (κ3) is 1.44. The van der Waals surface area contributed by atoms with Gasteiger partial charge in [0.2, 0.25) is 0 Å². The molecule has 0 aliphatic carbocycles. The molecule has 1 heterocycles. The van der Waals surface area contributed by atoms with Crippen LogP contribution in [0.15, 0.2) is 6.20 Å². The van der Waals surface area contributed by atoms with Crippen LogP contribution < -0.4 is 5.73 Å². The summed E-state index contributed by atoms with van der Waals surface area (Å²) in [4.78, 5) is 0. The minimum atomic E-state index is 0.380. The van der Waals surface area contributed by atoms with Crippen LogP contribution in [-0.2, 0) is 6.54 Å². The van der Waals surface area contributed by atoms with Crippen molar-refractivity contribution in [3.05, 3.63) is 11.9 Å². The molecule has 0 aliphatic heterocycles. The van der Waals surface area contributed by atoms with Crippen LogP contribution in [0.5, 0.6) is 0 Å². The first kappa shape index (κ1) is 7.89. The predicted octanol–water partition coefficient (Wildman–Crippen LogP) is 0.576. The van der Waals surface area contributed by atoms with E-state index in [9.17, 15) is 0 Å². The Bertz CT molecular complexity index is 285. The summed E-state index contributed by atoms with van der Waals surface area (Å²) in [5.74, 6) is 0.426. The van der Waals surface area contributed by atoms with Crippen molar-refractivity contribution in [1.29, 1.82) is 5.26 Å². The Kier molecular flexibility index (Phi) is 2.34. The molecule has 0 unspecified atom stereocenters. The zero-order chi connectivity index (χ0) is 8.27. The number of hydrogen-bond donors (Lipinski definition) is 1. The van der Waals surface area contributed by atoms with Gasteiger partial charge in [0.15, 0.2) is 5.69 Å². The van der Waals surface area contributed by atoms with Gasteiger partial charge in [0.1, 0.15) is 6.07 Å². The minimum absolute atomic E-state index is 0.380. The highest BCUT2D eigenvalue weighted by molar-refractivity contribution is 6.17. The van der Waals surface area contributed by atoms with E-state index >= 15 is 0 Å². The topological polar surface area (TPSA) is 67.6 Å². The third-order valence-corrected chi connectivity index (χ3v) is 1.44. The van der Waals surface area contributed by atoms with E-state index in [0.29, 0.717) is 23.8 Å². The summed E-state index contributed by atoms with van der Waals surface area (Å²) in [5, 5.41) is 12.4. The third-order valence-electron chi connectivity index (χ3n) is 1.27. The maximum Gasteiger partial charge on any atom is 0.161 e. The second-order valence-corrected chi connectivity index (χ2v) is 2.35. The number of nitrogen functional groups attached to an aromatic ring is 1. The second-order valence-electron chi connectivity index (χ2n) is 1.97. The van der Waals surface area contributed by atoms with E-state index in [0.717, 1.165) is 0 Å². The zero-order valence-electron chi connectivity index (χ0n) is 5.79. The smallest absolute Gasteiger partial charge is 0.161 e. The van der Waals surface area contributed by atoms with Crippen LogP contribution in [0.25, 0.3) is 0 Å². The van der Waals surface area contributed by atoms with Crippen molar-refractivity contribution in [3.63, 3.8) is 0 Å². The van der Waals surface area contributed by atoms with Crippen molar-refractivity contribution in [3.8, 4) is 6.07 Å². The molecular formula is C6H7ClN4. The molecule has 0 saturated carbocycles. The van der Waals surface area contributed by atoms with Crippen molar-refractivity contribution in [1.82, 2.24) is 9.78 Å². The van der Waals surface area contributed by atoms with Gasteiger partial charge in [-0.1, -0.05) is 0 Å². The SMILES string of the molecule is N#Cc1c(N)cnn1CCCl. The van der Waals surface area contributed by atoms with Gasteiger partial charge in [-0.15, -0.1) is 11.6 Å². The molecule has 0 amide bonds. The molecule has 0 aliphatic rings. The van der Waals surface area contributed by atoms with Gasteiger partial charge < -0.3 is 5.73 Å². The monoisotopic (exact) mass is 170 g/mol. The number of nitrogens with zero attached hydrogens (tertiary/aromatic N) is 3. The average molecular weight is 171 g/mol. The zero-order valence-corrected chi connectivity index (χ0v) is 6.54. The van der Waals surface area contributed by atoms with Crippen molar-refractivity contribution in [2.24, 2.45) is 0 Å². The standard InChI is InChI=1S/C6H7ClN4/c7-1-2-11-6(3-8)5(9)4-10-11/h4H,1-2,9H2. The molecular weight excluding hydrogens is 164 g/mol. The molecule has 0 saturated heterocycles. The van der Waals surface area contributed by atoms with Crippen LogP contribution in [0.2, 0.25) is 0 Å². The summed E-state index contributed by atoms with van der Waals surface area (Å²) in [5.41, 5.74) is 6.21. The number of nitrogens with two attached hydrogens (primary N) is 1. The van der Waals surface area contributed by atoms with Crippen molar-refractivity contribution < 1.29 is 0 Å². The van der Waals surface area contributed by atoms with Crippen LogP contribution >= 0.6 is 11.6 Å². The quantitative estimate of drug-likeness (QED) is 0.660. The lowest BCUT2D eigenvalue weighted by Gasteiger charge is -1.96. The van der Waals surface area contributed by atoms with E-state index in [1.807, 2.05) is 6.07 Å². The molecule has 1 aromatic heterocycles. The van der Waals surface area contributed by atoms with Crippen LogP contribution in [0, 0.1) is 11.3 Å². The van der Waals surface area contributed by atoms with Gasteiger partial charge in [0.05, 0.1) is 18.4 Å². The number of alkyl halides is 1. The summed E-state index contributed by atoms with van der Waals surface area (Å²) in [6, 6.07) is 1.95. The number of halogens is 1. The first-order valence-corrected chi connectivity index (χ1v) is 3.60. The van der Waals surface area contributed by atoms with Gasteiger partial charge in [0.25, 0.3) is 0 Å². The fourth-order valence-corrected chi connectivity index (χ4v) is 0.932. The second kappa shape index (κ2) is 3.26. The number of aryl methyl sites for hydroxylation is 1. The number of rotatable bonds is 2. The number of anilines is 1. The molecule has 0 fully saturated rings. The van der Waals surface area contributed by atoms with Crippen molar-refractivity contribution in [2.75, 3.05) is 11.6 Å². The van der Waals surface area contributed by atoms with E-state index in [-0.39, 0.29) is 0 Å². The molecule has 2 N–H and O–H groups in total. The Hall–Kier alpha value is -1.21. The normalized spacial score (nSPS) is 9.45. The van der Waals surface area contributed by atoms with Crippen LogP contribution in [-0.4, -0.2) is 15.7 Å². The van der Waals surface area contributed by atoms with Crippen LogP contribution in [0.4, 0.5) is 5.69 Å². The van der Waals surface area contributed by atoms with E-state index in [1.54, 1.807) is 0 Å². The lowest BCUT2D eigenvalue weighted by atomic mass is 10.4. The Labute approximate surface area is 69.2 Å². The van der Waals surface area contributed by atoms with E-state index in [4.69, 9.17) is 22.6 Å². The molecule has 0 radical (unpaired) electrons. The van der Waals surface area contributed by atoms with Crippen molar-refractivity contribution in [2.45, 2.75) is 6.54 Å². The summed E-state index contributed by atoms with van der Waals surface area (Å²) in [6.45, 7) is 0.516. The van der Waals surface area contributed by atoms with Gasteiger partial charge in [-0.25, -0.2) is 0 Å². The van der Waals surface area contributed by atoms with Gasteiger partial charge in [0, 0.05) is 5.88 Å². The summed E-state index contributed by atoms with van der Waals surface area (Å²) < 4.78 is 1.49. The fourth-order valence-electron chi connectivity index (χ4n) is 0.772. The molecule has 0 spiro atoms. The lowest BCUT2D eigenvalue weighted by Crippen LogP contribution is -2.04. The highest BCUT2D eigenvalue weighted by atomic mass is 35.5. The summed E-state index contributed by atoms with van der Waals surface area (Å²) >= 11 is 5.46. The van der Waals surface area contributed by atoms with Gasteiger partial charge in [-0.2, -0.15) is 10.4 Å². The molecule has 58 valence electrons. The number of nitriles is 1. The maximum absolute atomic E-state index is 8.58. The Morgan fingerprint density at radius 1 is 1.82 bits per heavy atom. The molecule has 1 aromatic rings. The Morgan fingerprint density at radius 2 is 2.55 bits per heavy atom. The highest BCUT2D eigenvalue weighted by Gasteiger charge is 2.05. The molecule has 11 heavy (non-hydrogen) atoms. The summed E-state index contributed by atoms with van der Waals surface area (Å²) in [7, 11) is 0. The van der Waals surface area contributed by atoms with Crippen molar-refractivity contribution >= 4 is 17.3 Å². The number of hydrogen-bond acceptors (Lipinski definition) is 3. The van der Waals surface area contributed by atoms with Crippen LogP contribution in [0.1, 0.15) is 5.69 Å². The summed E-state index contributed by atoms with van der Waals surface area (Å²) in [6.07, 6.45) is 1.45.